The maximum absolute atomic E-state index is 13.1. The average Bonchev–Trinajstić information content (AvgIpc) is 3.06. The van der Waals surface area contributed by atoms with Gasteiger partial charge in [0.1, 0.15) is 0 Å². The zero-order chi connectivity index (χ0) is 19.3. The Bertz CT molecular complexity index is 1300. The third-order valence-electron chi connectivity index (χ3n) is 5.58. The number of hydrogen-bond acceptors (Lipinski definition) is 3. The average molecular weight is 372 g/mol. The van der Waals surface area contributed by atoms with Crippen LogP contribution in [0.15, 0.2) is 53.3 Å². The third-order valence-corrected chi connectivity index (χ3v) is 5.58. The highest BCUT2D eigenvalue weighted by Crippen LogP contribution is 2.36. The molecule has 1 aliphatic heterocycles. The molecule has 0 unspecified atom stereocenters. The molecule has 0 spiro atoms. The zero-order valence-corrected chi connectivity index (χ0v) is 15.6. The summed E-state index contributed by atoms with van der Waals surface area (Å²) in [7, 11) is 1.65. The van der Waals surface area contributed by atoms with Crippen LogP contribution in [0.5, 0.6) is 0 Å². The number of nitrogens with one attached hydrogen (secondary N) is 1. The molecule has 1 amide bonds. The summed E-state index contributed by atoms with van der Waals surface area (Å²) in [5, 5.41) is 4.50. The predicted molar refractivity (Wildman–Crippen MR) is 109 cm³/mol. The fourth-order valence-electron chi connectivity index (χ4n) is 4.23. The number of benzene rings is 2. The molecule has 6 nitrogen and oxygen atoms in total. The van der Waals surface area contributed by atoms with Crippen LogP contribution in [0.3, 0.4) is 0 Å². The lowest BCUT2D eigenvalue weighted by molar-refractivity contribution is -0.120. The first-order chi connectivity index (χ1) is 13.7. The summed E-state index contributed by atoms with van der Waals surface area (Å²) < 4.78 is 3.92. The highest BCUT2D eigenvalue weighted by Gasteiger charge is 2.27. The van der Waals surface area contributed by atoms with E-state index in [4.69, 9.17) is 4.98 Å². The van der Waals surface area contributed by atoms with Crippen molar-refractivity contribution in [1.29, 1.82) is 0 Å². The molecule has 1 N–H and O–H groups in total. The number of amides is 1. The lowest BCUT2D eigenvalue weighted by atomic mass is 10.0. The molecule has 5 rings (SSSR count). The highest BCUT2D eigenvalue weighted by molar-refractivity contribution is 5.92. The molecule has 2 aromatic carbocycles. The molecule has 0 fully saturated rings. The standard InChI is InChI=1S/C22H20N4O2/c1-23-19(27)11-13-25-18-9-5-3-6-14(18)15-10-12-26-21(20(15)25)24-17-8-4-2-7-16(17)22(26)28/h2-9H,10-13H2,1H3,(H,23,27). The Labute approximate surface area is 161 Å². The highest BCUT2D eigenvalue weighted by atomic mass is 16.1. The number of aromatic nitrogens is 3. The summed E-state index contributed by atoms with van der Waals surface area (Å²) in [5.74, 6) is 0.684. The van der Waals surface area contributed by atoms with Crippen molar-refractivity contribution in [2.75, 3.05) is 7.05 Å². The fraction of sp³-hybridized carbons (Fsp3) is 0.227. The van der Waals surface area contributed by atoms with Crippen LogP contribution < -0.4 is 10.9 Å². The molecule has 2 aromatic heterocycles. The van der Waals surface area contributed by atoms with Gasteiger partial charge in [0.05, 0.1) is 16.6 Å². The first-order valence-electron chi connectivity index (χ1n) is 9.49. The molecule has 4 aromatic rings. The minimum absolute atomic E-state index is 0.00522. The van der Waals surface area contributed by atoms with Crippen LogP contribution in [0, 0.1) is 0 Å². The molecular formula is C22H20N4O2. The van der Waals surface area contributed by atoms with E-state index in [1.54, 1.807) is 11.6 Å². The van der Waals surface area contributed by atoms with Crippen molar-refractivity contribution >= 4 is 27.7 Å². The van der Waals surface area contributed by atoms with Crippen LogP contribution in [0.4, 0.5) is 0 Å². The van der Waals surface area contributed by atoms with Gasteiger partial charge >= 0.3 is 0 Å². The van der Waals surface area contributed by atoms with Gasteiger partial charge in [-0.15, -0.1) is 0 Å². The van der Waals surface area contributed by atoms with E-state index in [-0.39, 0.29) is 11.5 Å². The molecule has 0 bridgehead atoms. The summed E-state index contributed by atoms with van der Waals surface area (Å²) in [5.41, 5.74) is 3.94. The summed E-state index contributed by atoms with van der Waals surface area (Å²) in [6.45, 7) is 1.15. The van der Waals surface area contributed by atoms with Gasteiger partial charge in [0, 0.05) is 37.5 Å². The largest absolute Gasteiger partial charge is 0.359 e. The monoisotopic (exact) mass is 372 g/mol. The lowest BCUT2D eigenvalue weighted by Gasteiger charge is -2.21. The van der Waals surface area contributed by atoms with Gasteiger partial charge < -0.3 is 9.88 Å². The zero-order valence-electron chi connectivity index (χ0n) is 15.6. The second-order valence-electron chi connectivity index (χ2n) is 7.08. The summed E-state index contributed by atoms with van der Waals surface area (Å²) >= 11 is 0. The Hall–Kier alpha value is -3.41. The van der Waals surface area contributed by atoms with Crippen LogP contribution >= 0.6 is 0 Å². The first-order valence-corrected chi connectivity index (χ1v) is 9.49. The number of nitrogens with zero attached hydrogens (tertiary/aromatic N) is 3. The van der Waals surface area contributed by atoms with Crippen LogP contribution in [-0.2, 0) is 24.3 Å². The van der Waals surface area contributed by atoms with Crippen molar-refractivity contribution in [3.63, 3.8) is 0 Å². The minimum atomic E-state index is -0.00815. The van der Waals surface area contributed by atoms with Gasteiger partial charge in [0.2, 0.25) is 5.91 Å². The molecular weight excluding hydrogens is 352 g/mol. The van der Waals surface area contributed by atoms with Crippen LogP contribution in [0.1, 0.15) is 12.0 Å². The summed E-state index contributed by atoms with van der Waals surface area (Å²) in [6, 6.07) is 15.7. The lowest BCUT2D eigenvalue weighted by Crippen LogP contribution is -2.28. The second-order valence-corrected chi connectivity index (χ2v) is 7.08. The van der Waals surface area contributed by atoms with Gasteiger partial charge in [0.25, 0.3) is 5.56 Å². The SMILES string of the molecule is CNC(=O)CCn1c2c(c3ccccc31)CCn1c-2nc2ccccc2c1=O. The van der Waals surface area contributed by atoms with E-state index in [0.717, 1.165) is 17.6 Å². The molecule has 140 valence electrons. The van der Waals surface area contributed by atoms with Crippen molar-refractivity contribution < 1.29 is 4.79 Å². The number of para-hydroxylation sites is 2. The van der Waals surface area contributed by atoms with E-state index in [1.165, 1.54) is 10.9 Å². The number of rotatable bonds is 3. The molecule has 1 aliphatic rings. The van der Waals surface area contributed by atoms with Crippen molar-refractivity contribution in [2.45, 2.75) is 25.9 Å². The number of carbonyl (C=O) groups is 1. The van der Waals surface area contributed by atoms with Crippen molar-refractivity contribution in [3.8, 4) is 11.5 Å². The minimum Gasteiger partial charge on any atom is -0.359 e. The number of hydrogen-bond donors (Lipinski definition) is 1. The van der Waals surface area contributed by atoms with Gasteiger partial charge in [-0.05, 0) is 30.2 Å². The van der Waals surface area contributed by atoms with Crippen molar-refractivity contribution in [1.82, 2.24) is 19.4 Å². The summed E-state index contributed by atoms with van der Waals surface area (Å²) in [4.78, 5) is 29.8. The molecule has 0 atom stereocenters. The van der Waals surface area contributed by atoms with E-state index >= 15 is 0 Å². The van der Waals surface area contributed by atoms with Gasteiger partial charge in [0.15, 0.2) is 5.82 Å². The molecule has 0 saturated carbocycles. The van der Waals surface area contributed by atoms with Crippen molar-refractivity contribution in [2.24, 2.45) is 0 Å². The third kappa shape index (κ3) is 2.37. The second kappa shape index (κ2) is 6.34. The maximum Gasteiger partial charge on any atom is 0.261 e. The van der Waals surface area contributed by atoms with Crippen LogP contribution in [0.2, 0.25) is 0 Å². The number of aryl methyl sites for hydroxylation is 2. The molecule has 3 heterocycles. The van der Waals surface area contributed by atoms with Crippen molar-refractivity contribution in [3.05, 3.63) is 64.4 Å². The molecule has 0 radical (unpaired) electrons. The Morgan fingerprint density at radius 3 is 2.68 bits per heavy atom. The molecule has 28 heavy (non-hydrogen) atoms. The van der Waals surface area contributed by atoms with E-state index in [0.29, 0.717) is 36.2 Å². The van der Waals surface area contributed by atoms with Gasteiger partial charge in [-0.25, -0.2) is 4.98 Å². The Balaban J connectivity index is 1.81. The van der Waals surface area contributed by atoms with Crippen LogP contribution in [-0.4, -0.2) is 27.1 Å². The quantitative estimate of drug-likeness (QED) is 0.601. The normalized spacial score (nSPS) is 12.8. The predicted octanol–water partition coefficient (Wildman–Crippen LogP) is 2.71. The topological polar surface area (TPSA) is 68.9 Å². The van der Waals surface area contributed by atoms with E-state index in [2.05, 4.69) is 22.0 Å². The van der Waals surface area contributed by atoms with Crippen LogP contribution in [0.25, 0.3) is 33.3 Å². The fourth-order valence-corrected chi connectivity index (χ4v) is 4.23. The molecule has 6 heteroatoms. The van der Waals surface area contributed by atoms with E-state index < -0.39 is 0 Å². The Morgan fingerprint density at radius 1 is 1.11 bits per heavy atom. The Kier molecular flexibility index (Phi) is 3.79. The Morgan fingerprint density at radius 2 is 1.86 bits per heavy atom. The van der Waals surface area contributed by atoms with Gasteiger partial charge in [-0.1, -0.05) is 30.3 Å². The maximum atomic E-state index is 13.1. The number of carbonyl (C=O) groups excluding carboxylic acids is 1. The van der Waals surface area contributed by atoms with Gasteiger partial charge in [-0.3, -0.25) is 14.2 Å². The van der Waals surface area contributed by atoms with E-state index in [1.807, 2.05) is 36.4 Å². The van der Waals surface area contributed by atoms with E-state index in [9.17, 15) is 9.59 Å². The molecule has 0 saturated heterocycles. The first kappa shape index (κ1) is 16.7. The smallest absolute Gasteiger partial charge is 0.261 e. The summed E-state index contributed by atoms with van der Waals surface area (Å²) in [6.07, 6.45) is 1.15. The van der Waals surface area contributed by atoms with Gasteiger partial charge in [-0.2, -0.15) is 0 Å². The molecule has 0 aliphatic carbocycles. The number of fused-ring (bicyclic) bond motifs is 6.